The molecular formula is C17H16O2S. The maximum absolute atomic E-state index is 5.49. The van der Waals surface area contributed by atoms with Gasteiger partial charge in [0.2, 0.25) is 0 Å². The van der Waals surface area contributed by atoms with Gasteiger partial charge in [-0.15, -0.1) is 11.8 Å². The van der Waals surface area contributed by atoms with E-state index in [1.807, 2.05) is 54.6 Å². The summed E-state index contributed by atoms with van der Waals surface area (Å²) in [5.41, 5.74) is 0. The molecule has 0 unspecified atom stereocenters. The van der Waals surface area contributed by atoms with Crippen LogP contribution in [-0.2, 0) is 0 Å². The van der Waals surface area contributed by atoms with Gasteiger partial charge >= 0.3 is 0 Å². The molecule has 0 aromatic heterocycles. The predicted octanol–water partition coefficient (Wildman–Crippen LogP) is 3.87. The molecule has 0 spiro atoms. The van der Waals surface area contributed by atoms with E-state index < -0.39 is 0 Å². The van der Waals surface area contributed by atoms with Gasteiger partial charge in [0.1, 0.15) is 18.1 Å². The third-order valence-electron chi connectivity index (χ3n) is 2.55. The Hall–Kier alpha value is -2.05. The summed E-state index contributed by atoms with van der Waals surface area (Å²) in [6.45, 7) is 0.424. The highest BCUT2D eigenvalue weighted by Gasteiger charge is 1.93. The topological polar surface area (TPSA) is 18.5 Å². The molecule has 102 valence electrons. The highest BCUT2D eigenvalue weighted by atomic mass is 32.2. The maximum Gasteiger partial charge on any atom is 0.149 e. The van der Waals surface area contributed by atoms with Crippen molar-refractivity contribution in [2.75, 3.05) is 19.5 Å². The van der Waals surface area contributed by atoms with Crippen molar-refractivity contribution in [1.82, 2.24) is 0 Å². The quantitative estimate of drug-likeness (QED) is 0.613. The molecule has 0 radical (unpaired) electrons. The van der Waals surface area contributed by atoms with Crippen LogP contribution in [0.25, 0.3) is 0 Å². The van der Waals surface area contributed by atoms with E-state index >= 15 is 0 Å². The van der Waals surface area contributed by atoms with Crippen LogP contribution >= 0.6 is 11.8 Å². The monoisotopic (exact) mass is 284 g/mol. The SMILES string of the molecule is COc1ccc(SCC#CCOc2ccccc2)cc1. The van der Waals surface area contributed by atoms with Gasteiger partial charge < -0.3 is 9.47 Å². The number of para-hydroxylation sites is 1. The minimum absolute atomic E-state index is 0.424. The van der Waals surface area contributed by atoms with Crippen LogP contribution in [0.3, 0.4) is 0 Å². The van der Waals surface area contributed by atoms with E-state index in [1.165, 1.54) is 4.90 Å². The summed E-state index contributed by atoms with van der Waals surface area (Å²) in [5.74, 6) is 8.58. The molecule has 0 N–H and O–H groups in total. The van der Waals surface area contributed by atoms with Gasteiger partial charge in [0.05, 0.1) is 12.9 Å². The van der Waals surface area contributed by atoms with Crippen LogP contribution in [0, 0.1) is 11.8 Å². The fourth-order valence-corrected chi connectivity index (χ4v) is 2.20. The van der Waals surface area contributed by atoms with Gasteiger partial charge in [-0.1, -0.05) is 30.0 Å². The Balaban J connectivity index is 1.69. The third-order valence-corrected chi connectivity index (χ3v) is 3.44. The summed E-state index contributed by atoms with van der Waals surface area (Å²) in [6.07, 6.45) is 0. The number of rotatable bonds is 5. The van der Waals surface area contributed by atoms with E-state index in [0.29, 0.717) is 6.61 Å². The van der Waals surface area contributed by atoms with E-state index in [9.17, 15) is 0 Å². The molecule has 0 heterocycles. The third kappa shape index (κ3) is 4.91. The molecule has 0 atom stereocenters. The van der Waals surface area contributed by atoms with Crippen molar-refractivity contribution in [3.05, 3.63) is 54.6 Å². The molecular weight excluding hydrogens is 268 g/mol. The Labute approximate surface area is 124 Å². The van der Waals surface area contributed by atoms with Gasteiger partial charge in [-0.2, -0.15) is 0 Å². The first kappa shape index (κ1) is 14.4. The fourth-order valence-electron chi connectivity index (χ4n) is 1.53. The Morgan fingerprint density at radius 1 is 0.900 bits per heavy atom. The number of hydrogen-bond donors (Lipinski definition) is 0. The highest BCUT2D eigenvalue weighted by Crippen LogP contribution is 2.20. The summed E-state index contributed by atoms with van der Waals surface area (Å²) in [7, 11) is 1.67. The summed E-state index contributed by atoms with van der Waals surface area (Å²) in [6, 6.07) is 17.7. The Morgan fingerprint density at radius 3 is 2.35 bits per heavy atom. The molecule has 0 saturated carbocycles. The van der Waals surface area contributed by atoms with E-state index in [-0.39, 0.29) is 0 Å². The summed E-state index contributed by atoms with van der Waals surface area (Å²) >= 11 is 1.70. The van der Waals surface area contributed by atoms with Crippen molar-refractivity contribution in [2.45, 2.75) is 4.90 Å². The van der Waals surface area contributed by atoms with Gasteiger partial charge in [-0.3, -0.25) is 0 Å². The largest absolute Gasteiger partial charge is 0.497 e. The molecule has 20 heavy (non-hydrogen) atoms. The van der Waals surface area contributed by atoms with Crippen LogP contribution in [-0.4, -0.2) is 19.5 Å². The van der Waals surface area contributed by atoms with Crippen LogP contribution in [0.4, 0.5) is 0 Å². The average molecular weight is 284 g/mol. The number of benzene rings is 2. The molecule has 0 saturated heterocycles. The van der Waals surface area contributed by atoms with Crippen LogP contribution in [0.15, 0.2) is 59.5 Å². The Kier molecular flexibility index (Phi) is 5.88. The molecule has 0 bridgehead atoms. The Morgan fingerprint density at radius 2 is 1.65 bits per heavy atom. The Bertz CT molecular complexity index is 567. The number of thioether (sulfide) groups is 1. The van der Waals surface area contributed by atoms with Crippen molar-refractivity contribution in [1.29, 1.82) is 0 Å². The van der Waals surface area contributed by atoms with Gasteiger partial charge in [0.25, 0.3) is 0 Å². The molecule has 0 amide bonds. The lowest BCUT2D eigenvalue weighted by atomic mass is 10.3. The number of ether oxygens (including phenoxy) is 2. The van der Waals surface area contributed by atoms with Gasteiger partial charge in [0, 0.05) is 4.90 Å². The molecule has 0 aliphatic carbocycles. The summed E-state index contributed by atoms with van der Waals surface area (Å²) in [5, 5.41) is 0. The average Bonchev–Trinajstić information content (AvgIpc) is 2.52. The standard InChI is InChI=1S/C17H16O2S/c1-18-15-9-11-17(12-10-15)20-14-6-5-13-19-16-7-3-2-4-8-16/h2-4,7-12H,13-14H2,1H3. The van der Waals surface area contributed by atoms with Crippen LogP contribution in [0.2, 0.25) is 0 Å². The smallest absolute Gasteiger partial charge is 0.149 e. The molecule has 2 nitrogen and oxygen atoms in total. The van der Waals surface area contributed by atoms with Crippen molar-refractivity contribution < 1.29 is 9.47 Å². The first-order valence-electron chi connectivity index (χ1n) is 6.29. The summed E-state index contributed by atoms with van der Waals surface area (Å²) in [4.78, 5) is 1.18. The minimum atomic E-state index is 0.424. The number of methoxy groups -OCH3 is 1. The molecule has 2 aromatic carbocycles. The zero-order valence-electron chi connectivity index (χ0n) is 11.3. The fraction of sp³-hybridized carbons (Fsp3) is 0.176. The zero-order valence-corrected chi connectivity index (χ0v) is 12.2. The predicted molar refractivity (Wildman–Crippen MR) is 83.4 cm³/mol. The van der Waals surface area contributed by atoms with E-state index in [0.717, 1.165) is 17.3 Å². The minimum Gasteiger partial charge on any atom is -0.497 e. The van der Waals surface area contributed by atoms with Crippen molar-refractivity contribution in [2.24, 2.45) is 0 Å². The second kappa shape index (κ2) is 8.19. The van der Waals surface area contributed by atoms with Gasteiger partial charge in [-0.05, 0) is 36.4 Å². The van der Waals surface area contributed by atoms with Gasteiger partial charge in [0.15, 0.2) is 0 Å². The first-order valence-corrected chi connectivity index (χ1v) is 7.27. The molecule has 2 aromatic rings. The van der Waals surface area contributed by atoms with Crippen LogP contribution in [0.5, 0.6) is 11.5 Å². The normalized spacial score (nSPS) is 9.45. The van der Waals surface area contributed by atoms with Crippen LogP contribution < -0.4 is 9.47 Å². The van der Waals surface area contributed by atoms with E-state index in [2.05, 4.69) is 11.8 Å². The second-order valence-electron chi connectivity index (χ2n) is 3.92. The lowest BCUT2D eigenvalue weighted by molar-refractivity contribution is 0.370. The van der Waals surface area contributed by atoms with Crippen molar-refractivity contribution in [3.8, 4) is 23.3 Å². The maximum atomic E-state index is 5.49. The molecule has 0 aliphatic heterocycles. The number of hydrogen-bond acceptors (Lipinski definition) is 3. The lowest BCUT2D eigenvalue weighted by Crippen LogP contribution is -1.93. The second-order valence-corrected chi connectivity index (χ2v) is 4.97. The van der Waals surface area contributed by atoms with Gasteiger partial charge in [-0.25, -0.2) is 0 Å². The van der Waals surface area contributed by atoms with E-state index in [4.69, 9.17) is 9.47 Å². The first-order chi connectivity index (χ1) is 9.88. The molecule has 2 rings (SSSR count). The van der Waals surface area contributed by atoms with Crippen LogP contribution in [0.1, 0.15) is 0 Å². The van der Waals surface area contributed by atoms with Crippen molar-refractivity contribution >= 4 is 11.8 Å². The molecule has 0 fully saturated rings. The lowest BCUT2D eigenvalue weighted by Gasteiger charge is -2.01. The summed E-state index contributed by atoms with van der Waals surface area (Å²) < 4.78 is 10.6. The highest BCUT2D eigenvalue weighted by molar-refractivity contribution is 7.99. The van der Waals surface area contributed by atoms with Crippen molar-refractivity contribution in [3.63, 3.8) is 0 Å². The zero-order chi connectivity index (χ0) is 14.0. The van der Waals surface area contributed by atoms with E-state index in [1.54, 1.807) is 18.9 Å². The molecule has 3 heteroatoms. The molecule has 0 aliphatic rings.